The van der Waals surface area contributed by atoms with E-state index in [-0.39, 0.29) is 5.41 Å². The fourth-order valence-electron chi connectivity index (χ4n) is 4.52. The molecule has 1 saturated heterocycles. The summed E-state index contributed by atoms with van der Waals surface area (Å²) in [7, 11) is 0. The van der Waals surface area contributed by atoms with Crippen LogP contribution in [0.4, 0.5) is 5.82 Å². The zero-order valence-corrected chi connectivity index (χ0v) is 18.7. The summed E-state index contributed by atoms with van der Waals surface area (Å²) in [5.74, 6) is 0.550. The topological polar surface area (TPSA) is 126 Å². The van der Waals surface area contributed by atoms with Crippen LogP contribution in [0.25, 0.3) is 11.2 Å². The molecule has 0 spiro atoms. The molecule has 0 bridgehead atoms. The van der Waals surface area contributed by atoms with E-state index in [0.29, 0.717) is 23.5 Å². The number of anilines is 1. The second kappa shape index (κ2) is 9.11. The molecule has 9 nitrogen and oxygen atoms in total. The maximum absolute atomic E-state index is 10.4. The summed E-state index contributed by atoms with van der Waals surface area (Å²) in [6, 6.07) is 20.6. The molecule has 4 aromatic rings. The van der Waals surface area contributed by atoms with Gasteiger partial charge in [-0.05, 0) is 18.1 Å². The van der Waals surface area contributed by atoms with Crippen LogP contribution in [0.15, 0.2) is 73.3 Å². The molecule has 176 valence electrons. The minimum atomic E-state index is -1.22. The third-order valence-electron chi connectivity index (χ3n) is 6.58. The molecule has 4 atom stereocenters. The van der Waals surface area contributed by atoms with Crippen molar-refractivity contribution in [2.24, 2.45) is 0 Å². The Labute approximate surface area is 196 Å². The van der Waals surface area contributed by atoms with Gasteiger partial charge in [0.1, 0.15) is 24.6 Å². The predicted octanol–water partition coefficient (Wildman–Crippen LogP) is 1.86. The van der Waals surface area contributed by atoms with Crippen molar-refractivity contribution in [3.63, 3.8) is 0 Å². The average Bonchev–Trinajstić information content (AvgIpc) is 3.44. The van der Waals surface area contributed by atoms with Crippen LogP contribution in [0.3, 0.4) is 0 Å². The van der Waals surface area contributed by atoms with E-state index in [9.17, 15) is 15.3 Å². The zero-order chi connectivity index (χ0) is 23.7. The average molecular weight is 462 g/mol. The van der Waals surface area contributed by atoms with Crippen LogP contribution in [0.2, 0.25) is 0 Å². The second-order valence-corrected chi connectivity index (χ2v) is 8.69. The molecule has 1 unspecified atom stereocenters. The molecule has 0 amide bonds. The maximum Gasteiger partial charge on any atom is 0.167 e. The number of fused-ring (bicyclic) bond motifs is 1. The van der Waals surface area contributed by atoms with E-state index in [0.717, 1.165) is 11.1 Å². The first-order chi connectivity index (χ1) is 16.5. The number of hydrogen-bond acceptors (Lipinski definition) is 8. The standard InChI is InChI=1S/C25H27N5O4/c1-25(16-8-4-2-5-9-16,17-10-6-3-7-11-17)13-26-22-19-23(28-14-27-22)30(15-29-19)24-21(33)20(32)18(12-31)34-24/h2-11,14-15,18,20-21,24,31-33H,12-13H2,1H3,(H,26,27,28)/t18-,20-,21-,24?/m1/s1. The second-order valence-electron chi connectivity index (χ2n) is 8.69. The van der Waals surface area contributed by atoms with Gasteiger partial charge in [0.05, 0.1) is 12.9 Å². The van der Waals surface area contributed by atoms with E-state index < -0.39 is 31.1 Å². The van der Waals surface area contributed by atoms with Crippen molar-refractivity contribution in [3.05, 3.63) is 84.4 Å². The number of nitrogens with one attached hydrogen (secondary N) is 1. The van der Waals surface area contributed by atoms with Crippen molar-refractivity contribution in [2.45, 2.75) is 36.9 Å². The highest BCUT2D eigenvalue weighted by atomic mass is 16.6. The molecule has 1 aliphatic heterocycles. The fourth-order valence-corrected chi connectivity index (χ4v) is 4.52. The lowest BCUT2D eigenvalue weighted by atomic mass is 9.76. The molecule has 1 fully saturated rings. The van der Waals surface area contributed by atoms with E-state index in [1.54, 1.807) is 4.57 Å². The summed E-state index contributed by atoms with van der Waals surface area (Å²) < 4.78 is 7.20. The van der Waals surface area contributed by atoms with E-state index in [1.165, 1.54) is 12.7 Å². The van der Waals surface area contributed by atoms with Crippen LogP contribution in [-0.4, -0.2) is 66.3 Å². The number of nitrogens with zero attached hydrogens (tertiary/aromatic N) is 4. The first kappa shape index (κ1) is 22.4. The molecule has 9 heteroatoms. The molecule has 5 rings (SSSR count). The molecule has 2 aromatic heterocycles. The van der Waals surface area contributed by atoms with Gasteiger partial charge in [0.2, 0.25) is 0 Å². The first-order valence-corrected chi connectivity index (χ1v) is 11.2. The number of imidazole rings is 1. The predicted molar refractivity (Wildman–Crippen MR) is 126 cm³/mol. The molecule has 2 aromatic carbocycles. The van der Waals surface area contributed by atoms with E-state index in [1.807, 2.05) is 36.4 Å². The van der Waals surface area contributed by atoms with Crippen LogP contribution in [0.1, 0.15) is 24.3 Å². The van der Waals surface area contributed by atoms with Gasteiger partial charge in [0, 0.05) is 12.0 Å². The normalized spacial score (nSPS) is 22.8. The van der Waals surface area contributed by atoms with E-state index in [4.69, 9.17) is 4.74 Å². The summed E-state index contributed by atoms with van der Waals surface area (Å²) in [6.07, 6.45) is -1.30. The lowest BCUT2D eigenvalue weighted by molar-refractivity contribution is -0.0511. The molecular formula is C25H27N5O4. The number of aromatic nitrogens is 4. The summed E-state index contributed by atoms with van der Waals surface area (Å²) in [5, 5.41) is 33.4. The minimum absolute atomic E-state index is 0.342. The smallest absolute Gasteiger partial charge is 0.167 e. The summed E-state index contributed by atoms with van der Waals surface area (Å²) in [6.45, 7) is 2.33. The molecule has 0 aliphatic carbocycles. The summed E-state index contributed by atoms with van der Waals surface area (Å²) >= 11 is 0. The molecule has 34 heavy (non-hydrogen) atoms. The highest BCUT2D eigenvalue weighted by Crippen LogP contribution is 2.34. The van der Waals surface area contributed by atoms with E-state index in [2.05, 4.69) is 51.5 Å². The number of benzene rings is 2. The Bertz CT molecular complexity index is 1210. The van der Waals surface area contributed by atoms with Gasteiger partial charge in [-0.15, -0.1) is 0 Å². The van der Waals surface area contributed by atoms with Gasteiger partial charge in [0.25, 0.3) is 0 Å². The van der Waals surface area contributed by atoms with Crippen molar-refractivity contribution < 1.29 is 20.1 Å². The minimum Gasteiger partial charge on any atom is -0.394 e. The Morgan fingerprint density at radius 3 is 2.18 bits per heavy atom. The lowest BCUT2D eigenvalue weighted by Crippen LogP contribution is -2.33. The third-order valence-corrected chi connectivity index (χ3v) is 6.58. The summed E-state index contributed by atoms with van der Waals surface area (Å²) in [4.78, 5) is 13.2. The SMILES string of the molecule is CC(CNc1ncnc2c1ncn2C1O[C@H](CO)[C@@H](O)[C@H]1O)(c1ccccc1)c1ccccc1. The zero-order valence-electron chi connectivity index (χ0n) is 18.7. The molecule has 0 saturated carbocycles. The quantitative estimate of drug-likeness (QED) is 0.329. The van der Waals surface area contributed by atoms with Gasteiger partial charge in [0.15, 0.2) is 23.2 Å². The van der Waals surface area contributed by atoms with Crippen LogP contribution >= 0.6 is 0 Å². The van der Waals surface area contributed by atoms with Gasteiger partial charge in [-0.25, -0.2) is 15.0 Å². The van der Waals surface area contributed by atoms with Crippen LogP contribution < -0.4 is 5.32 Å². The molecular weight excluding hydrogens is 434 g/mol. The monoisotopic (exact) mass is 461 g/mol. The molecule has 0 radical (unpaired) electrons. The van der Waals surface area contributed by atoms with E-state index >= 15 is 0 Å². The Kier molecular flexibility index (Phi) is 6.01. The Hall–Kier alpha value is -3.37. The number of aliphatic hydroxyl groups excluding tert-OH is 3. The molecule has 3 heterocycles. The van der Waals surface area contributed by atoms with Gasteiger partial charge in [-0.1, -0.05) is 60.7 Å². The largest absolute Gasteiger partial charge is 0.394 e. The number of rotatable bonds is 7. The van der Waals surface area contributed by atoms with Crippen molar-refractivity contribution in [1.29, 1.82) is 0 Å². The Morgan fingerprint density at radius 2 is 1.59 bits per heavy atom. The number of aliphatic hydroxyl groups is 3. The first-order valence-electron chi connectivity index (χ1n) is 11.2. The van der Waals surface area contributed by atoms with Gasteiger partial charge >= 0.3 is 0 Å². The van der Waals surface area contributed by atoms with Crippen molar-refractivity contribution in [1.82, 2.24) is 19.5 Å². The van der Waals surface area contributed by atoms with Crippen molar-refractivity contribution >= 4 is 17.0 Å². The lowest BCUT2D eigenvalue weighted by Gasteiger charge is -2.31. The van der Waals surface area contributed by atoms with Gasteiger partial charge < -0.3 is 25.4 Å². The highest BCUT2D eigenvalue weighted by molar-refractivity contribution is 5.82. The number of hydrogen-bond donors (Lipinski definition) is 4. The van der Waals surface area contributed by atoms with Gasteiger partial charge in [-0.2, -0.15) is 0 Å². The molecule has 4 N–H and O–H groups in total. The fraction of sp³-hybridized carbons (Fsp3) is 0.320. The van der Waals surface area contributed by atoms with Crippen LogP contribution in [-0.2, 0) is 10.2 Å². The van der Waals surface area contributed by atoms with Crippen molar-refractivity contribution in [3.8, 4) is 0 Å². The number of ether oxygens (including phenoxy) is 1. The highest BCUT2D eigenvalue weighted by Gasteiger charge is 2.44. The van der Waals surface area contributed by atoms with Crippen LogP contribution in [0, 0.1) is 0 Å². The van der Waals surface area contributed by atoms with Crippen LogP contribution in [0.5, 0.6) is 0 Å². The Morgan fingerprint density at radius 1 is 0.941 bits per heavy atom. The Balaban J connectivity index is 1.46. The maximum atomic E-state index is 10.4. The summed E-state index contributed by atoms with van der Waals surface area (Å²) in [5.41, 5.74) is 2.95. The third kappa shape index (κ3) is 3.82. The van der Waals surface area contributed by atoms with Gasteiger partial charge in [-0.3, -0.25) is 4.57 Å². The molecule has 1 aliphatic rings. The van der Waals surface area contributed by atoms with Crippen molar-refractivity contribution in [2.75, 3.05) is 18.5 Å².